The first kappa shape index (κ1) is 88.8. The highest BCUT2D eigenvalue weighted by Crippen LogP contribution is 2.49. The topological polar surface area (TPSA) is 321 Å². The van der Waals surface area contributed by atoms with E-state index in [4.69, 9.17) is 46.4 Å². The molecule has 2 aliphatic rings. The van der Waals surface area contributed by atoms with Crippen LogP contribution in [0.4, 0.5) is 34.1 Å². The molecule has 119 heavy (non-hydrogen) atoms. The molecule has 3 amide bonds. The van der Waals surface area contributed by atoms with E-state index < -0.39 is 48.0 Å². The van der Waals surface area contributed by atoms with Gasteiger partial charge in [-0.1, -0.05) is 136 Å². The lowest BCUT2D eigenvalue weighted by Crippen LogP contribution is -2.51. The summed E-state index contributed by atoms with van der Waals surface area (Å²) < 4.78 is 5.82. The molecule has 0 fully saturated rings. The Morgan fingerprint density at radius 1 is 0.462 bits per heavy atom. The Hall–Kier alpha value is -11.0. The number of anilines is 6. The highest BCUT2D eigenvalue weighted by atomic mass is 35.5. The van der Waals surface area contributed by atoms with Gasteiger partial charge in [0.2, 0.25) is 42.1 Å². The molecule has 4 heterocycles. The number of amides is 3. The Balaban J connectivity index is 0.000000233. The molecule has 4 unspecified atom stereocenters. The van der Waals surface area contributed by atoms with Crippen molar-refractivity contribution in [2.45, 2.75) is 101 Å². The summed E-state index contributed by atoms with van der Waals surface area (Å²) in [5.41, 5.74) is 7.63. The molecule has 0 saturated heterocycles. The third-order valence-electron chi connectivity index (χ3n) is 19.7. The maximum Gasteiger partial charge on any atom is 0.267 e. The molecule has 4 N–H and O–H groups in total. The summed E-state index contributed by atoms with van der Waals surface area (Å²) in [5, 5.41) is 65.3. The fraction of sp³-hybridized carbons (Fsp3) is 0.244. The summed E-state index contributed by atoms with van der Waals surface area (Å²) in [5.74, 6) is -6.02. The molecule has 8 aromatic carbocycles. The van der Waals surface area contributed by atoms with Crippen molar-refractivity contribution in [3.8, 4) is 0 Å². The van der Waals surface area contributed by atoms with E-state index in [9.17, 15) is 63.6 Å². The molecule has 4 atom stereocenters. The first-order valence-electron chi connectivity index (χ1n) is 37.7. The molecule has 2 aliphatic heterocycles. The van der Waals surface area contributed by atoms with Crippen LogP contribution in [0, 0.1) is 0 Å². The van der Waals surface area contributed by atoms with Crippen molar-refractivity contribution in [3.05, 3.63) is 245 Å². The van der Waals surface area contributed by atoms with Crippen molar-refractivity contribution in [2.75, 3.05) is 75.5 Å². The van der Waals surface area contributed by atoms with Crippen LogP contribution in [0.3, 0.4) is 0 Å². The SMILES string of the molecule is CC(C(=O)[O-])N(CCNCN1C(=Cc2sc3ccc(Cl)cc3[n+]2CNC(=O)CCN(c2ccc(C=O)cc2)C(C)C(=O)[O-])Sc2ccc(Cl)cc21)c1ccc(C=O)cc1.CCC(=Cc1sc2ccc(Cl)cc2[n+]1CNC(=O)CCN(c1ccccc1)C(C)C(=O)[O-])C=C1Sc2ccc(Cl)cc2N1CNC(=O)CN(c1ccccc1)C(C)C(=O)[O-]. The summed E-state index contributed by atoms with van der Waals surface area (Å²) in [7, 11) is 0. The predicted octanol–water partition coefficient (Wildman–Crippen LogP) is 9.90. The van der Waals surface area contributed by atoms with Crippen LogP contribution in [-0.2, 0) is 46.9 Å². The summed E-state index contributed by atoms with van der Waals surface area (Å²) in [4.78, 5) is 122. The molecular formula is C86H82Cl4N12O13S4-2. The van der Waals surface area contributed by atoms with E-state index in [0.717, 1.165) is 73.5 Å². The number of hydrogen-bond acceptors (Lipinski definition) is 24. The van der Waals surface area contributed by atoms with Crippen LogP contribution >= 0.6 is 92.6 Å². The molecule has 0 spiro atoms. The van der Waals surface area contributed by atoms with Gasteiger partial charge < -0.3 is 85.0 Å². The molecule has 2 aromatic heterocycles. The Kier molecular flexibility index (Phi) is 31.1. The lowest BCUT2D eigenvalue weighted by molar-refractivity contribution is -0.672. The molecular weight excluding hydrogens is 1680 g/mol. The third-order valence-corrected chi connectivity index (χ3v) is 25.1. The molecule has 0 saturated carbocycles. The number of aldehydes is 2. The van der Waals surface area contributed by atoms with Gasteiger partial charge in [-0.25, -0.2) is 0 Å². The Labute approximate surface area is 723 Å². The Bertz CT molecular complexity index is 5490. The number of rotatable bonds is 37. The van der Waals surface area contributed by atoms with Gasteiger partial charge in [0.15, 0.2) is 0 Å². The number of nitrogens with one attached hydrogen (secondary N) is 4. The predicted molar refractivity (Wildman–Crippen MR) is 463 cm³/mol. The van der Waals surface area contributed by atoms with E-state index in [1.165, 1.54) is 48.8 Å². The van der Waals surface area contributed by atoms with Gasteiger partial charge in [0.25, 0.3) is 10.0 Å². The monoisotopic (exact) mass is 1760 g/mol. The average Bonchev–Trinajstić information content (AvgIpc) is 1.62. The minimum absolute atomic E-state index is 0.0263. The smallest absolute Gasteiger partial charge is 0.267 e. The van der Waals surface area contributed by atoms with Gasteiger partial charge in [-0.2, -0.15) is 9.13 Å². The first-order chi connectivity index (χ1) is 57.2. The van der Waals surface area contributed by atoms with Crippen molar-refractivity contribution in [2.24, 2.45) is 0 Å². The number of hydrogen-bond donors (Lipinski definition) is 4. The van der Waals surface area contributed by atoms with Crippen molar-refractivity contribution in [1.82, 2.24) is 21.3 Å². The second-order valence-corrected chi connectivity index (χ2v) is 33.5. The van der Waals surface area contributed by atoms with E-state index >= 15 is 0 Å². The highest BCUT2D eigenvalue weighted by Gasteiger charge is 2.32. The maximum absolute atomic E-state index is 13.4. The second kappa shape index (κ2) is 41.6. The quantitative estimate of drug-likeness (QED) is 0.0160. The summed E-state index contributed by atoms with van der Waals surface area (Å²) >= 11 is 32.0. The number of benzene rings is 8. The van der Waals surface area contributed by atoms with Crippen molar-refractivity contribution < 1.29 is 72.7 Å². The number of carbonyl (C=O) groups excluding carboxylic acids is 9. The number of allylic oxidation sites excluding steroid dienone is 2. The van der Waals surface area contributed by atoms with Crippen molar-refractivity contribution in [3.63, 3.8) is 0 Å². The van der Waals surface area contributed by atoms with Crippen LogP contribution in [0.1, 0.15) is 84.6 Å². The van der Waals surface area contributed by atoms with Gasteiger partial charge in [0.05, 0.1) is 95.4 Å². The lowest BCUT2D eigenvalue weighted by Gasteiger charge is -2.32. The maximum atomic E-state index is 13.4. The fourth-order valence-corrected chi connectivity index (χ4v) is 18.2. The van der Waals surface area contributed by atoms with Crippen LogP contribution < -0.4 is 80.2 Å². The summed E-state index contributed by atoms with van der Waals surface area (Å²) in [6.45, 7) is 9.49. The summed E-state index contributed by atoms with van der Waals surface area (Å²) in [6.07, 6.45) is 8.21. The molecule has 0 radical (unpaired) electrons. The van der Waals surface area contributed by atoms with E-state index in [1.807, 2.05) is 118 Å². The number of carbonyl (C=O) groups is 9. The van der Waals surface area contributed by atoms with Crippen LogP contribution in [0.5, 0.6) is 0 Å². The van der Waals surface area contributed by atoms with E-state index in [-0.39, 0.29) is 70.2 Å². The standard InChI is InChI=1S/C44H44Cl2N6O6S2.C42H40Cl2N6O7S2/c1-4-30(22-42-52(36-24-32(46)16-18-38(36)60-42)27-48-40(54)25-50(29(3)44(57)58)34-13-9-6-10-14-34)21-41-51(35-23-31(45)15-17-37(35)59-41)26-47-39(53)19-20-49(28(2)43(55)56)33-11-7-5-8-12-33;1-26(41(54)55)47(32-9-3-28(22-51)4-10-32)17-15-38(53)46-25-50-35-20-31(44)8-14-37(35)59-40(50)21-39-49(34-19-30(43)7-13-36(34)58-39)24-45-16-18-48(27(2)42(56)57)33-11-5-29(23-52)6-12-33/h5-18,21-24,28-29H,4,19-20,25-27H2,1-3H3,(H3-,47,48,53,54,55,56,57,58);3-14,19-23,26-27,45H,15-18,24-25H2,1-2H3,(H2-,46,53,54,55,56,57)/p-2. The Morgan fingerprint density at radius 2 is 0.866 bits per heavy atom. The number of thioether (sulfide) groups is 2. The lowest BCUT2D eigenvalue weighted by atomic mass is 10.1. The number of halogens is 4. The average molecular weight is 1760 g/mol. The van der Waals surface area contributed by atoms with Gasteiger partial charge >= 0.3 is 0 Å². The number of para-hydroxylation sites is 2. The molecule has 25 nitrogen and oxygen atoms in total. The zero-order chi connectivity index (χ0) is 85.1. The minimum Gasteiger partial charge on any atom is -0.548 e. The second-order valence-electron chi connectivity index (χ2n) is 27.5. The third kappa shape index (κ3) is 22.9. The number of aliphatic carboxylic acids is 4. The minimum atomic E-state index is -1.30. The van der Waals surface area contributed by atoms with Gasteiger partial charge in [-0.15, -0.1) is 0 Å². The Morgan fingerprint density at radius 3 is 1.33 bits per heavy atom. The van der Waals surface area contributed by atoms with Crippen molar-refractivity contribution in [1.29, 1.82) is 0 Å². The largest absolute Gasteiger partial charge is 0.548 e. The van der Waals surface area contributed by atoms with Gasteiger partial charge in [-0.05, 0) is 179 Å². The molecule has 10 aromatic rings. The van der Waals surface area contributed by atoms with Crippen LogP contribution in [-0.4, -0.2) is 124 Å². The normalized spacial score (nSPS) is 14.0. The van der Waals surface area contributed by atoms with Gasteiger partial charge in [-0.3, -0.25) is 29.3 Å². The van der Waals surface area contributed by atoms with Crippen molar-refractivity contribution >= 4 is 213 Å². The zero-order valence-electron chi connectivity index (χ0n) is 65.0. The molecule has 33 heteroatoms. The number of carboxylic acids is 4. The van der Waals surface area contributed by atoms with E-state index in [0.29, 0.717) is 86.4 Å². The number of thiazole rings is 2. The number of fused-ring (bicyclic) bond motifs is 4. The zero-order valence-corrected chi connectivity index (χ0v) is 71.3. The molecule has 0 bridgehead atoms. The first-order valence-corrected chi connectivity index (χ1v) is 42.5. The number of aromatic nitrogens is 2. The summed E-state index contributed by atoms with van der Waals surface area (Å²) in [6, 6.07) is 49.4. The molecule has 12 rings (SSSR count). The molecule has 618 valence electrons. The van der Waals surface area contributed by atoms with Crippen LogP contribution in [0.15, 0.2) is 213 Å². The molecule has 0 aliphatic carbocycles. The fourth-order valence-electron chi connectivity index (χ4n) is 13.1. The van der Waals surface area contributed by atoms with Crippen LogP contribution in [0.25, 0.3) is 32.6 Å². The number of nitrogens with zero attached hydrogens (tertiary/aromatic N) is 8. The van der Waals surface area contributed by atoms with Gasteiger partial charge in [0, 0.05) is 121 Å². The van der Waals surface area contributed by atoms with E-state index in [1.54, 1.807) is 136 Å². The number of carboxylic acid groups (broad SMARTS) is 4. The van der Waals surface area contributed by atoms with Crippen LogP contribution in [0.2, 0.25) is 20.1 Å². The highest BCUT2D eigenvalue weighted by molar-refractivity contribution is 8.04. The van der Waals surface area contributed by atoms with Gasteiger partial charge in [0.1, 0.15) is 22.0 Å². The van der Waals surface area contributed by atoms with E-state index in [2.05, 4.69) is 38.3 Å².